The topological polar surface area (TPSA) is 53.1 Å². The molecule has 1 aromatic heterocycles. The molecule has 0 spiro atoms. The van der Waals surface area contributed by atoms with Crippen molar-refractivity contribution in [2.75, 3.05) is 13.2 Å². The molecule has 4 heteroatoms. The molecule has 2 N–H and O–H groups in total. The van der Waals surface area contributed by atoms with E-state index in [4.69, 9.17) is 10.5 Å². The Hall–Kier alpha value is -1.65. The van der Waals surface area contributed by atoms with Crippen molar-refractivity contribution in [1.82, 2.24) is 9.55 Å². The van der Waals surface area contributed by atoms with Gasteiger partial charge in [0, 0.05) is 18.9 Å². The molecular formula is C13H15N3O. The van der Waals surface area contributed by atoms with Crippen molar-refractivity contribution < 1.29 is 4.74 Å². The van der Waals surface area contributed by atoms with Gasteiger partial charge in [-0.3, -0.25) is 0 Å². The molecule has 0 fully saturated rings. The lowest BCUT2D eigenvalue weighted by Gasteiger charge is -2.27. The largest absolute Gasteiger partial charge is 0.372 e. The van der Waals surface area contributed by atoms with Gasteiger partial charge in [0.25, 0.3) is 0 Å². The predicted molar refractivity (Wildman–Crippen MR) is 65.0 cm³/mol. The second-order valence-corrected chi connectivity index (χ2v) is 4.16. The van der Waals surface area contributed by atoms with E-state index in [-0.39, 0.29) is 6.10 Å². The Morgan fingerprint density at radius 2 is 2.41 bits per heavy atom. The van der Waals surface area contributed by atoms with Crippen molar-refractivity contribution in [2.24, 2.45) is 5.73 Å². The molecule has 0 radical (unpaired) electrons. The van der Waals surface area contributed by atoms with Crippen LogP contribution < -0.4 is 5.73 Å². The molecule has 0 unspecified atom stereocenters. The third-order valence-electron chi connectivity index (χ3n) is 3.20. The maximum atomic E-state index is 5.74. The Kier molecular flexibility index (Phi) is 2.66. The lowest BCUT2D eigenvalue weighted by Crippen LogP contribution is -2.24. The number of nitrogens with two attached hydrogens (primary N) is 1. The van der Waals surface area contributed by atoms with Gasteiger partial charge >= 0.3 is 0 Å². The van der Waals surface area contributed by atoms with Gasteiger partial charge in [0.15, 0.2) is 0 Å². The molecule has 0 aliphatic carbocycles. The molecule has 0 saturated carbocycles. The number of nitrogens with zero attached hydrogens (tertiary/aromatic N) is 2. The van der Waals surface area contributed by atoms with Crippen molar-refractivity contribution >= 4 is 0 Å². The van der Waals surface area contributed by atoms with Crippen molar-refractivity contribution in [3.05, 3.63) is 48.0 Å². The highest BCUT2D eigenvalue weighted by atomic mass is 16.5. The van der Waals surface area contributed by atoms with Crippen LogP contribution in [0.4, 0.5) is 0 Å². The van der Waals surface area contributed by atoms with Gasteiger partial charge < -0.3 is 15.0 Å². The molecule has 3 rings (SSSR count). The molecule has 2 heterocycles. The summed E-state index contributed by atoms with van der Waals surface area (Å²) in [5.74, 6) is 0. The van der Waals surface area contributed by atoms with E-state index in [1.807, 2.05) is 23.2 Å². The van der Waals surface area contributed by atoms with E-state index in [1.54, 1.807) is 6.20 Å². The molecule has 1 aliphatic rings. The minimum atomic E-state index is 0.0298. The van der Waals surface area contributed by atoms with E-state index in [0.29, 0.717) is 6.54 Å². The van der Waals surface area contributed by atoms with Crippen molar-refractivity contribution in [1.29, 1.82) is 0 Å². The van der Waals surface area contributed by atoms with Crippen LogP contribution in [0.15, 0.2) is 36.9 Å². The molecule has 0 saturated heterocycles. The zero-order chi connectivity index (χ0) is 11.7. The maximum absolute atomic E-state index is 5.74. The molecular weight excluding hydrogens is 214 g/mol. The van der Waals surface area contributed by atoms with Gasteiger partial charge in [-0.25, -0.2) is 4.98 Å². The predicted octanol–water partition coefficient (Wildman–Crippen LogP) is 1.44. The van der Waals surface area contributed by atoms with Crippen LogP contribution in [0, 0.1) is 0 Å². The van der Waals surface area contributed by atoms with E-state index < -0.39 is 0 Å². The smallest absolute Gasteiger partial charge is 0.0991 e. The number of hydrogen-bond acceptors (Lipinski definition) is 3. The molecule has 0 amide bonds. The average Bonchev–Trinajstić information content (AvgIpc) is 2.91. The van der Waals surface area contributed by atoms with Gasteiger partial charge in [0.1, 0.15) is 0 Å². The fourth-order valence-electron chi connectivity index (χ4n) is 2.40. The summed E-state index contributed by atoms with van der Waals surface area (Å²) in [7, 11) is 0. The van der Waals surface area contributed by atoms with E-state index in [9.17, 15) is 0 Å². The van der Waals surface area contributed by atoms with E-state index in [1.165, 1.54) is 16.8 Å². The zero-order valence-electron chi connectivity index (χ0n) is 9.54. The fraction of sp³-hybridized carbons (Fsp3) is 0.308. The Labute approximate surface area is 100 Å². The van der Waals surface area contributed by atoms with E-state index >= 15 is 0 Å². The normalized spacial score (nSPS) is 19.0. The SMILES string of the molecule is NC[C@H]1OCCc2c1cccc2-n1ccnc1. The second kappa shape index (κ2) is 4.31. The van der Waals surface area contributed by atoms with E-state index in [2.05, 4.69) is 17.1 Å². The van der Waals surface area contributed by atoms with Crippen molar-refractivity contribution in [3.8, 4) is 5.69 Å². The number of benzene rings is 1. The lowest BCUT2D eigenvalue weighted by atomic mass is 9.95. The monoisotopic (exact) mass is 229 g/mol. The number of rotatable bonds is 2. The molecule has 1 aliphatic heterocycles. The minimum Gasteiger partial charge on any atom is -0.372 e. The third-order valence-corrected chi connectivity index (χ3v) is 3.20. The van der Waals surface area contributed by atoms with Crippen LogP contribution in [-0.2, 0) is 11.2 Å². The quantitative estimate of drug-likeness (QED) is 0.848. The van der Waals surface area contributed by atoms with Gasteiger partial charge in [-0.2, -0.15) is 0 Å². The van der Waals surface area contributed by atoms with Crippen LogP contribution in [0.5, 0.6) is 0 Å². The highest BCUT2D eigenvalue weighted by Crippen LogP contribution is 2.30. The van der Waals surface area contributed by atoms with Crippen LogP contribution in [0.1, 0.15) is 17.2 Å². The summed E-state index contributed by atoms with van der Waals surface area (Å²) in [6, 6.07) is 6.26. The lowest BCUT2D eigenvalue weighted by molar-refractivity contribution is 0.0485. The number of fused-ring (bicyclic) bond motifs is 1. The molecule has 1 aromatic carbocycles. The van der Waals surface area contributed by atoms with Gasteiger partial charge in [-0.1, -0.05) is 12.1 Å². The number of imidazole rings is 1. The van der Waals surface area contributed by atoms with Gasteiger partial charge in [-0.05, 0) is 23.6 Å². The molecule has 0 bridgehead atoms. The summed E-state index contributed by atoms with van der Waals surface area (Å²) in [5, 5.41) is 0. The third kappa shape index (κ3) is 1.75. The van der Waals surface area contributed by atoms with Crippen LogP contribution in [0.2, 0.25) is 0 Å². The molecule has 88 valence electrons. The summed E-state index contributed by atoms with van der Waals surface area (Å²) < 4.78 is 7.72. The van der Waals surface area contributed by atoms with Crippen molar-refractivity contribution in [3.63, 3.8) is 0 Å². The molecule has 17 heavy (non-hydrogen) atoms. The summed E-state index contributed by atoms with van der Waals surface area (Å²) in [6.07, 6.45) is 6.53. The fourth-order valence-corrected chi connectivity index (χ4v) is 2.40. The second-order valence-electron chi connectivity index (χ2n) is 4.16. The summed E-state index contributed by atoms with van der Waals surface area (Å²) in [5.41, 5.74) is 9.46. The highest BCUT2D eigenvalue weighted by molar-refractivity contribution is 5.48. The number of hydrogen-bond donors (Lipinski definition) is 1. The Morgan fingerprint density at radius 3 is 3.18 bits per heavy atom. The number of aromatic nitrogens is 2. The Bertz CT molecular complexity index is 507. The summed E-state index contributed by atoms with van der Waals surface area (Å²) in [6.45, 7) is 1.26. The van der Waals surface area contributed by atoms with Gasteiger partial charge in [-0.15, -0.1) is 0 Å². The average molecular weight is 229 g/mol. The summed E-state index contributed by atoms with van der Waals surface area (Å²) in [4.78, 5) is 4.09. The van der Waals surface area contributed by atoms with Gasteiger partial charge in [0.05, 0.1) is 24.7 Å². The first kappa shape index (κ1) is 10.5. The number of ether oxygens (including phenoxy) is 1. The van der Waals surface area contributed by atoms with Crippen LogP contribution in [0.25, 0.3) is 5.69 Å². The molecule has 2 aromatic rings. The molecule has 1 atom stereocenters. The first-order valence-corrected chi connectivity index (χ1v) is 5.82. The molecule has 4 nitrogen and oxygen atoms in total. The van der Waals surface area contributed by atoms with Crippen molar-refractivity contribution in [2.45, 2.75) is 12.5 Å². The van der Waals surface area contributed by atoms with Crippen LogP contribution in [-0.4, -0.2) is 22.7 Å². The van der Waals surface area contributed by atoms with E-state index in [0.717, 1.165) is 13.0 Å². The standard InChI is InChI=1S/C13H15N3O/c14-8-13-11-2-1-3-12(10(11)4-7-17-13)16-6-5-15-9-16/h1-3,5-6,9,13H,4,7-8,14H2/t13-/m1/s1. The van der Waals surface area contributed by atoms with Crippen LogP contribution in [0.3, 0.4) is 0 Å². The minimum absolute atomic E-state index is 0.0298. The first-order chi connectivity index (χ1) is 8.40. The Morgan fingerprint density at radius 1 is 1.47 bits per heavy atom. The first-order valence-electron chi connectivity index (χ1n) is 5.82. The zero-order valence-corrected chi connectivity index (χ0v) is 9.54. The highest BCUT2D eigenvalue weighted by Gasteiger charge is 2.21. The van der Waals surface area contributed by atoms with Crippen LogP contribution >= 0.6 is 0 Å². The summed E-state index contributed by atoms with van der Waals surface area (Å²) >= 11 is 0. The Balaban J connectivity index is 2.12. The maximum Gasteiger partial charge on any atom is 0.0991 e. The van der Waals surface area contributed by atoms with Gasteiger partial charge in [0.2, 0.25) is 0 Å².